The standard InChI is InChI=1S/C17H25N3O/c1-13-12-19(2)10-3-11-20(13)16(21)17(8-9-17)14-4-6-15(18)7-5-14/h4-7,13H,3,8-12,18H2,1-2H3. The number of carbonyl (C=O) groups excluding carboxylic acids is 1. The van der Waals surface area contributed by atoms with E-state index in [0.717, 1.165) is 50.1 Å². The molecule has 3 rings (SSSR count). The second-order valence-corrected chi connectivity index (χ2v) is 6.67. The Hall–Kier alpha value is -1.55. The third kappa shape index (κ3) is 2.64. The van der Waals surface area contributed by atoms with Gasteiger partial charge >= 0.3 is 0 Å². The van der Waals surface area contributed by atoms with Crippen molar-refractivity contribution in [1.29, 1.82) is 0 Å². The molecule has 4 heteroatoms. The number of amides is 1. The summed E-state index contributed by atoms with van der Waals surface area (Å²) in [5, 5.41) is 0. The van der Waals surface area contributed by atoms with Gasteiger partial charge in [0.05, 0.1) is 5.41 Å². The molecule has 1 atom stereocenters. The Morgan fingerprint density at radius 2 is 1.90 bits per heavy atom. The summed E-state index contributed by atoms with van der Waals surface area (Å²) in [5.74, 6) is 0.315. The molecule has 1 amide bonds. The summed E-state index contributed by atoms with van der Waals surface area (Å²) in [6.07, 6.45) is 2.99. The van der Waals surface area contributed by atoms with Gasteiger partial charge < -0.3 is 15.5 Å². The van der Waals surface area contributed by atoms with E-state index >= 15 is 0 Å². The third-order valence-electron chi connectivity index (χ3n) is 4.93. The number of hydrogen-bond donors (Lipinski definition) is 1. The first-order valence-corrected chi connectivity index (χ1v) is 7.88. The van der Waals surface area contributed by atoms with Crippen LogP contribution < -0.4 is 5.73 Å². The van der Waals surface area contributed by atoms with Crippen molar-refractivity contribution in [3.8, 4) is 0 Å². The van der Waals surface area contributed by atoms with E-state index in [4.69, 9.17) is 5.73 Å². The molecular formula is C17H25N3O. The molecule has 1 aromatic carbocycles. The Kier molecular flexibility index (Phi) is 3.66. The van der Waals surface area contributed by atoms with Crippen LogP contribution in [0.25, 0.3) is 0 Å². The largest absolute Gasteiger partial charge is 0.399 e. The Morgan fingerprint density at radius 1 is 1.24 bits per heavy atom. The number of anilines is 1. The summed E-state index contributed by atoms with van der Waals surface area (Å²) < 4.78 is 0. The normalized spacial score (nSPS) is 25.4. The Balaban J connectivity index is 1.82. The Morgan fingerprint density at radius 3 is 2.52 bits per heavy atom. The van der Waals surface area contributed by atoms with Crippen LogP contribution >= 0.6 is 0 Å². The second kappa shape index (κ2) is 5.34. The monoisotopic (exact) mass is 287 g/mol. The fraction of sp³-hybridized carbons (Fsp3) is 0.588. The van der Waals surface area contributed by atoms with E-state index in [1.165, 1.54) is 0 Å². The van der Waals surface area contributed by atoms with Crippen LogP contribution in [0.1, 0.15) is 31.7 Å². The fourth-order valence-electron chi connectivity index (χ4n) is 3.50. The number of nitrogens with two attached hydrogens (primary N) is 1. The van der Waals surface area contributed by atoms with Crippen molar-refractivity contribution in [2.24, 2.45) is 0 Å². The van der Waals surface area contributed by atoms with Crippen molar-refractivity contribution in [2.45, 2.75) is 37.6 Å². The van der Waals surface area contributed by atoms with Gasteiger partial charge in [-0.05, 0) is 57.5 Å². The van der Waals surface area contributed by atoms with Gasteiger partial charge in [0.15, 0.2) is 0 Å². The molecule has 1 aliphatic carbocycles. The highest BCUT2D eigenvalue weighted by molar-refractivity contribution is 5.91. The third-order valence-corrected chi connectivity index (χ3v) is 4.93. The minimum atomic E-state index is -0.273. The van der Waals surface area contributed by atoms with Crippen molar-refractivity contribution in [3.05, 3.63) is 29.8 Å². The molecular weight excluding hydrogens is 262 g/mol. The molecule has 2 N–H and O–H groups in total. The van der Waals surface area contributed by atoms with Gasteiger partial charge in [0.25, 0.3) is 0 Å². The van der Waals surface area contributed by atoms with Crippen molar-refractivity contribution in [1.82, 2.24) is 9.80 Å². The van der Waals surface area contributed by atoms with Crippen molar-refractivity contribution < 1.29 is 4.79 Å². The fourth-order valence-corrected chi connectivity index (χ4v) is 3.50. The van der Waals surface area contributed by atoms with Gasteiger partial charge in [0.1, 0.15) is 0 Å². The highest BCUT2D eigenvalue weighted by atomic mass is 16.2. The molecule has 1 unspecified atom stereocenters. The molecule has 0 spiro atoms. The lowest BCUT2D eigenvalue weighted by Crippen LogP contribution is -2.46. The van der Waals surface area contributed by atoms with Crippen LogP contribution in [-0.2, 0) is 10.2 Å². The number of rotatable bonds is 2. The zero-order valence-electron chi connectivity index (χ0n) is 13.0. The molecule has 4 nitrogen and oxygen atoms in total. The maximum Gasteiger partial charge on any atom is 0.233 e. The molecule has 1 heterocycles. The molecule has 114 valence electrons. The molecule has 0 bridgehead atoms. The summed E-state index contributed by atoms with van der Waals surface area (Å²) in [5.41, 5.74) is 7.38. The van der Waals surface area contributed by atoms with Gasteiger partial charge in [-0.25, -0.2) is 0 Å². The average Bonchev–Trinajstić information content (AvgIpc) is 3.25. The van der Waals surface area contributed by atoms with Crippen molar-refractivity contribution in [3.63, 3.8) is 0 Å². The van der Waals surface area contributed by atoms with E-state index in [0.29, 0.717) is 5.91 Å². The van der Waals surface area contributed by atoms with Crippen LogP contribution in [0.2, 0.25) is 0 Å². The summed E-state index contributed by atoms with van der Waals surface area (Å²) in [6.45, 7) is 5.08. The number of hydrogen-bond acceptors (Lipinski definition) is 3. The summed E-state index contributed by atoms with van der Waals surface area (Å²) >= 11 is 0. The second-order valence-electron chi connectivity index (χ2n) is 6.67. The van der Waals surface area contributed by atoms with Crippen LogP contribution in [0.5, 0.6) is 0 Å². The topological polar surface area (TPSA) is 49.6 Å². The maximum atomic E-state index is 13.1. The van der Waals surface area contributed by atoms with E-state index < -0.39 is 0 Å². The summed E-state index contributed by atoms with van der Waals surface area (Å²) in [4.78, 5) is 17.5. The smallest absolute Gasteiger partial charge is 0.233 e. The van der Waals surface area contributed by atoms with Gasteiger partial charge in [-0.2, -0.15) is 0 Å². The molecule has 0 aromatic heterocycles. The molecule has 21 heavy (non-hydrogen) atoms. The van der Waals surface area contributed by atoms with Crippen LogP contribution in [0.15, 0.2) is 24.3 Å². The quantitative estimate of drug-likeness (QED) is 0.845. The van der Waals surface area contributed by atoms with Crippen LogP contribution in [0.4, 0.5) is 5.69 Å². The molecule has 1 aromatic rings. The Bertz CT molecular complexity index is 521. The number of benzene rings is 1. The van der Waals surface area contributed by atoms with Gasteiger partial charge in [0.2, 0.25) is 5.91 Å². The van der Waals surface area contributed by atoms with Gasteiger partial charge in [-0.15, -0.1) is 0 Å². The number of likely N-dealkylation sites (N-methyl/N-ethyl adjacent to an activating group) is 1. The van der Waals surface area contributed by atoms with E-state index in [2.05, 4.69) is 23.8 Å². The Labute approximate surface area is 126 Å². The molecule has 1 saturated carbocycles. The number of nitrogen functional groups attached to an aromatic ring is 1. The van der Waals surface area contributed by atoms with Crippen molar-refractivity contribution in [2.75, 3.05) is 32.4 Å². The number of nitrogens with zero attached hydrogens (tertiary/aromatic N) is 2. The van der Waals surface area contributed by atoms with E-state index in [1.54, 1.807) is 0 Å². The first kappa shape index (κ1) is 14.4. The zero-order chi connectivity index (χ0) is 15.0. The molecule has 1 saturated heterocycles. The molecule has 2 aliphatic rings. The maximum absolute atomic E-state index is 13.1. The van der Waals surface area contributed by atoms with Crippen molar-refractivity contribution >= 4 is 11.6 Å². The van der Waals surface area contributed by atoms with Gasteiger partial charge in [0, 0.05) is 24.8 Å². The minimum absolute atomic E-state index is 0.273. The van der Waals surface area contributed by atoms with E-state index in [-0.39, 0.29) is 11.5 Å². The number of carbonyl (C=O) groups is 1. The SMILES string of the molecule is CC1CN(C)CCCN1C(=O)C1(c2ccc(N)cc2)CC1. The summed E-state index contributed by atoms with van der Waals surface area (Å²) in [6, 6.07) is 8.14. The molecule has 1 aliphatic heterocycles. The highest BCUT2D eigenvalue weighted by Gasteiger charge is 2.53. The first-order chi connectivity index (χ1) is 10.0. The molecule has 0 radical (unpaired) electrons. The van der Waals surface area contributed by atoms with E-state index in [1.807, 2.05) is 24.3 Å². The summed E-state index contributed by atoms with van der Waals surface area (Å²) in [7, 11) is 2.14. The average molecular weight is 287 g/mol. The lowest BCUT2D eigenvalue weighted by Gasteiger charge is -2.32. The zero-order valence-corrected chi connectivity index (χ0v) is 13.0. The highest BCUT2D eigenvalue weighted by Crippen LogP contribution is 2.50. The minimum Gasteiger partial charge on any atom is -0.399 e. The lowest BCUT2D eigenvalue weighted by molar-refractivity contribution is -0.135. The predicted octanol–water partition coefficient (Wildman–Crippen LogP) is 1.85. The van der Waals surface area contributed by atoms with E-state index in [9.17, 15) is 4.79 Å². The van der Waals surface area contributed by atoms with Crippen LogP contribution in [0.3, 0.4) is 0 Å². The van der Waals surface area contributed by atoms with Gasteiger partial charge in [-0.1, -0.05) is 12.1 Å². The van der Waals surface area contributed by atoms with Gasteiger partial charge in [-0.3, -0.25) is 4.79 Å². The first-order valence-electron chi connectivity index (χ1n) is 7.88. The van der Waals surface area contributed by atoms with Crippen LogP contribution in [-0.4, -0.2) is 48.4 Å². The molecule has 2 fully saturated rings. The lowest BCUT2D eigenvalue weighted by atomic mass is 9.93. The predicted molar refractivity (Wildman–Crippen MR) is 85.1 cm³/mol. The van der Waals surface area contributed by atoms with Crippen LogP contribution in [0, 0.1) is 0 Å².